The lowest BCUT2D eigenvalue weighted by Gasteiger charge is -2.40. The van der Waals surface area contributed by atoms with Crippen molar-refractivity contribution in [3.63, 3.8) is 0 Å². The highest BCUT2D eigenvalue weighted by Gasteiger charge is 2.32. The van der Waals surface area contributed by atoms with Gasteiger partial charge in [-0.05, 0) is 49.7 Å². The summed E-state index contributed by atoms with van der Waals surface area (Å²) in [5.74, 6) is 0.808. The largest absolute Gasteiger partial charge is 0.311 e. The van der Waals surface area contributed by atoms with Gasteiger partial charge in [-0.2, -0.15) is 0 Å². The highest BCUT2D eigenvalue weighted by molar-refractivity contribution is 5.31. The SMILES string of the molecule is Cc1ccccc1C1CC(NC2CCCCCCC2)C1. The van der Waals surface area contributed by atoms with E-state index in [9.17, 15) is 0 Å². The third kappa shape index (κ3) is 3.44. The average Bonchev–Trinajstić information content (AvgIpc) is 2.36. The fourth-order valence-corrected chi connectivity index (χ4v) is 4.01. The molecule has 1 aromatic rings. The van der Waals surface area contributed by atoms with Crippen LogP contribution in [0.15, 0.2) is 24.3 Å². The molecule has 110 valence electrons. The topological polar surface area (TPSA) is 12.0 Å². The van der Waals surface area contributed by atoms with Crippen molar-refractivity contribution in [3.05, 3.63) is 35.4 Å². The first kappa shape index (κ1) is 14.1. The normalized spacial score (nSPS) is 28.4. The second kappa shape index (κ2) is 6.76. The van der Waals surface area contributed by atoms with Gasteiger partial charge in [-0.1, -0.05) is 56.4 Å². The molecular formula is C19H29N. The molecule has 0 saturated heterocycles. The number of hydrogen-bond acceptors (Lipinski definition) is 1. The number of aryl methyl sites for hydroxylation is 1. The molecule has 2 aliphatic rings. The van der Waals surface area contributed by atoms with Gasteiger partial charge in [-0.3, -0.25) is 0 Å². The number of hydrogen-bond donors (Lipinski definition) is 1. The third-order valence-electron chi connectivity index (χ3n) is 5.34. The van der Waals surface area contributed by atoms with Crippen LogP contribution in [-0.4, -0.2) is 12.1 Å². The molecule has 2 aliphatic carbocycles. The molecule has 0 atom stereocenters. The van der Waals surface area contributed by atoms with E-state index < -0.39 is 0 Å². The average molecular weight is 271 g/mol. The predicted molar refractivity (Wildman–Crippen MR) is 86.2 cm³/mol. The van der Waals surface area contributed by atoms with Crippen LogP contribution in [-0.2, 0) is 0 Å². The van der Waals surface area contributed by atoms with Gasteiger partial charge in [0.15, 0.2) is 0 Å². The van der Waals surface area contributed by atoms with Crippen molar-refractivity contribution in [3.8, 4) is 0 Å². The fourth-order valence-electron chi connectivity index (χ4n) is 4.01. The molecule has 0 unspecified atom stereocenters. The molecule has 0 spiro atoms. The molecule has 1 aromatic carbocycles. The standard InChI is InChI=1S/C19H29N/c1-15-9-7-8-12-19(15)16-13-18(14-16)20-17-10-5-3-2-4-6-11-17/h7-9,12,16-18,20H,2-6,10-11,13-14H2,1H3. The van der Waals surface area contributed by atoms with Gasteiger partial charge in [0.1, 0.15) is 0 Å². The second-order valence-electron chi connectivity index (χ2n) is 6.93. The number of nitrogens with one attached hydrogen (secondary N) is 1. The zero-order valence-corrected chi connectivity index (χ0v) is 12.9. The molecule has 0 aromatic heterocycles. The van der Waals surface area contributed by atoms with Gasteiger partial charge in [0, 0.05) is 12.1 Å². The Kier molecular flexibility index (Phi) is 4.77. The Balaban J connectivity index is 1.47. The van der Waals surface area contributed by atoms with Gasteiger partial charge in [-0.15, -0.1) is 0 Å². The van der Waals surface area contributed by atoms with Crippen LogP contribution >= 0.6 is 0 Å². The summed E-state index contributed by atoms with van der Waals surface area (Å²) in [6, 6.07) is 10.5. The number of benzene rings is 1. The molecule has 0 radical (unpaired) electrons. The van der Waals surface area contributed by atoms with E-state index in [4.69, 9.17) is 0 Å². The van der Waals surface area contributed by atoms with E-state index in [0.717, 1.165) is 18.0 Å². The van der Waals surface area contributed by atoms with Crippen LogP contribution in [0.5, 0.6) is 0 Å². The van der Waals surface area contributed by atoms with Gasteiger partial charge in [0.05, 0.1) is 0 Å². The number of rotatable bonds is 3. The Morgan fingerprint density at radius 2 is 1.50 bits per heavy atom. The van der Waals surface area contributed by atoms with E-state index >= 15 is 0 Å². The van der Waals surface area contributed by atoms with Crippen molar-refractivity contribution in [2.45, 2.75) is 82.7 Å². The van der Waals surface area contributed by atoms with Crippen LogP contribution < -0.4 is 5.32 Å². The van der Waals surface area contributed by atoms with Crippen LogP contribution in [0.4, 0.5) is 0 Å². The molecule has 20 heavy (non-hydrogen) atoms. The molecule has 1 nitrogen and oxygen atoms in total. The quantitative estimate of drug-likeness (QED) is 0.820. The molecule has 1 heteroatoms. The van der Waals surface area contributed by atoms with Gasteiger partial charge in [-0.25, -0.2) is 0 Å². The maximum atomic E-state index is 3.94. The summed E-state index contributed by atoms with van der Waals surface area (Å²) in [5.41, 5.74) is 3.06. The fraction of sp³-hybridized carbons (Fsp3) is 0.684. The van der Waals surface area contributed by atoms with E-state index in [1.807, 2.05) is 0 Å². The Labute approximate surface area is 124 Å². The van der Waals surface area contributed by atoms with E-state index in [1.54, 1.807) is 5.56 Å². The van der Waals surface area contributed by atoms with Crippen LogP contribution in [0, 0.1) is 6.92 Å². The summed E-state index contributed by atoms with van der Waals surface area (Å²) in [6.07, 6.45) is 12.8. The van der Waals surface area contributed by atoms with Crippen molar-refractivity contribution in [1.82, 2.24) is 5.32 Å². The van der Waals surface area contributed by atoms with E-state index in [1.165, 1.54) is 63.4 Å². The van der Waals surface area contributed by atoms with Crippen molar-refractivity contribution in [1.29, 1.82) is 0 Å². The Morgan fingerprint density at radius 1 is 0.850 bits per heavy atom. The summed E-state index contributed by atoms with van der Waals surface area (Å²) in [5, 5.41) is 3.94. The van der Waals surface area contributed by atoms with Gasteiger partial charge in [0.2, 0.25) is 0 Å². The van der Waals surface area contributed by atoms with Gasteiger partial charge < -0.3 is 5.32 Å². The zero-order chi connectivity index (χ0) is 13.8. The van der Waals surface area contributed by atoms with E-state index in [0.29, 0.717) is 0 Å². The summed E-state index contributed by atoms with van der Waals surface area (Å²) >= 11 is 0. The van der Waals surface area contributed by atoms with Crippen molar-refractivity contribution in [2.24, 2.45) is 0 Å². The molecule has 0 heterocycles. The predicted octanol–water partition coefficient (Wildman–Crippen LogP) is 4.94. The summed E-state index contributed by atoms with van der Waals surface area (Å²) in [6.45, 7) is 2.25. The molecule has 2 fully saturated rings. The van der Waals surface area contributed by atoms with Crippen LogP contribution in [0.2, 0.25) is 0 Å². The molecule has 0 aliphatic heterocycles. The van der Waals surface area contributed by atoms with Crippen molar-refractivity contribution < 1.29 is 0 Å². The summed E-state index contributed by atoms with van der Waals surface area (Å²) in [7, 11) is 0. The lowest BCUT2D eigenvalue weighted by Crippen LogP contribution is -2.45. The Bertz CT molecular complexity index is 412. The minimum Gasteiger partial charge on any atom is -0.311 e. The van der Waals surface area contributed by atoms with E-state index in [-0.39, 0.29) is 0 Å². The van der Waals surface area contributed by atoms with E-state index in [2.05, 4.69) is 36.5 Å². The Hall–Kier alpha value is -0.820. The minimum atomic E-state index is 0.782. The first-order valence-corrected chi connectivity index (χ1v) is 8.64. The highest BCUT2D eigenvalue weighted by atomic mass is 15.0. The third-order valence-corrected chi connectivity index (χ3v) is 5.34. The van der Waals surface area contributed by atoms with Crippen LogP contribution in [0.1, 0.15) is 74.8 Å². The smallest absolute Gasteiger partial charge is 0.00813 e. The maximum absolute atomic E-state index is 3.94. The lowest BCUT2D eigenvalue weighted by atomic mass is 9.74. The minimum absolute atomic E-state index is 0.782. The van der Waals surface area contributed by atoms with Crippen molar-refractivity contribution >= 4 is 0 Å². The monoisotopic (exact) mass is 271 g/mol. The first-order chi connectivity index (χ1) is 9.83. The zero-order valence-electron chi connectivity index (χ0n) is 12.9. The highest BCUT2D eigenvalue weighted by Crippen LogP contribution is 2.38. The summed E-state index contributed by atoms with van der Waals surface area (Å²) in [4.78, 5) is 0. The Morgan fingerprint density at radius 3 is 2.20 bits per heavy atom. The van der Waals surface area contributed by atoms with Crippen molar-refractivity contribution in [2.75, 3.05) is 0 Å². The van der Waals surface area contributed by atoms with Crippen LogP contribution in [0.25, 0.3) is 0 Å². The molecule has 3 rings (SSSR count). The van der Waals surface area contributed by atoms with Gasteiger partial charge in [0.25, 0.3) is 0 Å². The molecule has 1 N–H and O–H groups in total. The molecule has 2 saturated carbocycles. The molecule has 0 amide bonds. The molecular weight excluding hydrogens is 242 g/mol. The lowest BCUT2D eigenvalue weighted by molar-refractivity contribution is 0.244. The first-order valence-electron chi connectivity index (χ1n) is 8.64. The molecule has 0 bridgehead atoms. The van der Waals surface area contributed by atoms with Gasteiger partial charge >= 0.3 is 0 Å². The summed E-state index contributed by atoms with van der Waals surface area (Å²) < 4.78 is 0. The second-order valence-corrected chi connectivity index (χ2v) is 6.93. The maximum Gasteiger partial charge on any atom is 0.00813 e. The van der Waals surface area contributed by atoms with Crippen LogP contribution in [0.3, 0.4) is 0 Å².